The summed E-state index contributed by atoms with van der Waals surface area (Å²) in [5, 5.41) is 29.3. The van der Waals surface area contributed by atoms with Crippen molar-refractivity contribution < 1.29 is 29.6 Å². The lowest BCUT2D eigenvalue weighted by Crippen LogP contribution is -2.21. The zero-order chi connectivity index (χ0) is 19.9. The number of para-hydroxylation sites is 1. The molecule has 0 bridgehead atoms. The Morgan fingerprint density at radius 1 is 1.07 bits per heavy atom. The number of hydrogen-bond donors (Lipinski definition) is 3. The van der Waals surface area contributed by atoms with E-state index >= 15 is 0 Å². The second kappa shape index (κ2) is 9.94. The Hall–Kier alpha value is -2.05. The Bertz CT molecular complexity index is 644. The molecule has 0 aromatic heterocycles. The van der Waals surface area contributed by atoms with Crippen LogP contribution >= 0.6 is 0 Å². The van der Waals surface area contributed by atoms with Gasteiger partial charge in [-0.15, -0.1) is 0 Å². The van der Waals surface area contributed by atoms with Gasteiger partial charge in [-0.3, -0.25) is 4.79 Å². The summed E-state index contributed by atoms with van der Waals surface area (Å²) in [6.07, 6.45) is 5.76. The first kappa shape index (κ1) is 20.7. The number of aliphatic carboxylic acids is 1. The van der Waals surface area contributed by atoms with Gasteiger partial charge in [0.1, 0.15) is 17.4 Å². The fourth-order valence-corrected chi connectivity index (χ4v) is 4.46. The summed E-state index contributed by atoms with van der Waals surface area (Å²) in [6, 6.07) is 9.35. The van der Waals surface area contributed by atoms with Crippen molar-refractivity contribution >= 4 is 5.97 Å². The van der Waals surface area contributed by atoms with Gasteiger partial charge in [0.2, 0.25) is 0 Å². The minimum atomic E-state index is -1.05. The quantitative estimate of drug-likeness (QED) is 0.418. The van der Waals surface area contributed by atoms with Crippen LogP contribution in [0.2, 0.25) is 0 Å². The summed E-state index contributed by atoms with van der Waals surface area (Å²) in [7, 11) is 0. The van der Waals surface area contributed by atoms with E-state index in [0.717, 1.165) is 31.4 Å². The normalized spacial score (nSPS) is 28.1. The SMILES string of the molecule is O=C(O)C(CCOC1C[C@H]2CC(O)C[C@H]2C1)C(O)=CCCOc1ccccc1. The standard InChI is InChI=1S/C22H30O6/c23-17-11-15-13-19(14-16(15)12-17)28-10-8-20(22(25)26)21(24)7-4-9-27-18-5-2-1-3-6-18/h1-3,5-7,15-17,19-20,23-24H,4,8-14H2,(H,25,26)/t15-,16+,17?,19?,20?. The van der Waals surface area contributed by atoms with E-state index < -0.39 is 11.9 Å². The topological polar surface area (TPSA) is 96.2 Å². The van der Waals surface area contributed by atoms with Crippen LogP contribution < -0.4 is 4.74 Å². The van der Waals surface area contributed by atoms with Crippen LogP contribution in [0, 0.1) is 17.8 Å². The highest BCUT2D eigenvalue weighted by molar-refractivity contribution is 5.72. The van der Waals surface area contributed by atoms with Crippen LogP contribution in [0.5, 0.6) is 5.75 Å². The molecule has 1 aromatic carbocycles. The fourth-order valence-electron chi connectivity index (χ4n) is 4.46. The van der Waals surface area contributed by atoms with E-state index in [0.29, 0.717) is 31.5 Å². The number of hydrogen-bond acceptors (Lipinski definition) is 5. The van der Waals surface area contributed by atoms with Gasteiger partial charge in [0.05, 0.1) is 18.8 Å². The molecule has 0 radical (unpaired) electrons. The van der Waals surface area contributed by atoms with Crippen molar-refractivity contribution in [2.75, 3.05) is 13.2 Å². The van der Waals surface area contributed by atoms with Crippen LogP contribution in [0.3, 0.4) is 0 Å². The van der Waals surface area contributed by atoms with Crippen molar-refractivity contribution in [3.63, 3.8) is 0 Å². The molecule has 0 spiro atoms. The molecule has 6 heteroatoms. The number of carbonyl (C=O) groups is 1. The third-order valence-electron chi connectivity index (χ3n) is 5.85. The lowest BCUT2D eigenvalue weighted by Gasteiger charge is -2.16. The van der Waals surface area contributed by atoms with Gasteiger partial charge in [-0.05, 0) is 62.1 Å². The maximum atomic E-state index is 11.5. The highest BCUT2D eigenvalue weighted by Crippen LogP contribution is 2.45. The van der Waals surface area contributed by atoms with Crippen LogP contribution in [0.4, 0.5) is 0 Å². The third-order valence-corrected chi connectivity index (χ3v) is 5.85. The van der Waals surface area contributed by atoms with Crippen LogP contribution in [0.1, 0.15) is 38.5 Å². The Labute approximate surface area is 165 Å². The molecule has 3 rings (SSSR count). The number of aliphatic hydroxyl groups excluding tert-OH is 2. The molecule has 0 aliphatic heterocycles. The molecule has 2 fully saturated rings. The second-order valence-corrected chi connectivity index (χ2v) is 7.87. The van der Waals surface area contributed by atoms with Crippen molar-refractivity contribution in [2.24, 2.45) is 17.8 Å². The van der Waals surface area contributed by atoms with Crippen molar-refractivity contribution in [3.8, 4) is 5.75 Å². The van der Waals surface area contributed by atoms with Gasteiger partial charge < -0.3 is 24.8 Å². The van der Waals surface area contributed by atoms with Crippen LogP contribution in [0.25, 0.3) is 0 Å². The van der Waals surface area contributed by atoms with Crippen molar-refractivity contribution in [3.05, 3.63) is 42.2 Å². The van der Waals surface area contributed by atoms with E-state index in [-0.39, 0.29) is 24.4 Å². The molecule has 2 aliphatic rings. The number of carboxylic acids is 1. The van der Waals surface area contributed by atoms with Crippen LogP contribution in [-0.2, 0) is 9.53 Å². The first-order valence-electron chi connectivity index (χ1n) is 10.1. The highest BCUT2D eigenvalue weighted by atomic mass is 16.5. The van der Waals surface area contributed by atoms with Crippen molar-refractivity contribution in [2.45, 2.75) is 50.7 Å². The van der Waals surface area contributed by atoms with Crippen LogP contribution in [0.15, 0.2) is 42.2 Å². The predicted octanol–water partition coefficient (Wildman–Crippen LogP) is 3.55. The van der Waals surface area contributed by atoms with Gasteiger partial charge in [-0.25, -0.2) is 0 Å². The van der Waals surface area contributed by atoms with Gasteiger partial charge in [0.25, 0.3) is 0 Å². The van der Waals surface area contributed by atoms with Gasteiger partial charge in [-0.2, -0.15) is 0 Å². The first-order valence-corrected chi connectivity index (χ1v) is 10.1. The second-order valence-electron chi connectivity index (χ2n) is 7.87. The molecule has 3 unspecified atom stereocenters. The predicted molar refractivity (Wildman–Crippen MR) is 104 cm³/mol. The first-order chi connectivity index (χ1) is 13.5. The van der Waals surface area contributed by atoms with Crippen molar-refractivity contribution in [1.29, 1.82) is 0 Å². The summed E-state index contributed by atoms with van der Waals surface area (Å²) in [5.74, 6) is -0.333. The molecule has 2 aliphatic carbocycles. The van der Waals surface area contributed by atoms with Gasteiger partial charge >= 0.3 is 5.97 Å². The Morgan fingerprint density at radius 3 is 2.39 bits per heavy atom. The molecule has 6 nitrogen and oxygen atoms in total. The average Bonchev–Trinajstić information content (AvgIpc) is 3.19. The molecule has 1 aromatic rings. The Morgan fingerprint density at radius 2 is 1.75 bits per heavy atom. The molecule has 5 atom stereocenters. The number of benzene rings is 1. The molecule has 154 valence electrons. The molecular weight excluding hydrogens is 360 g/mol. The molecule has 0 saturated heterocycles. The van der Waals surface area contributed by atoms with E-state index in [1.165, 1.54) is 6.08 Å². The molecule has 3 N–H and O–H groups in total. The van der Waals surface area contributed by atoms with E-state index in [1.54, 1.807) is 0 Å². The Kier molecular flexibility index (Phi) is 7.34. The largest absolute Gasteiger partial charge is 0.512 e. The van der Waals surface area contributed by atoms with Gasteiger partial charge in [-0.1, -0.05) is 18.2 Å². The number of fused-ring (bicyclic) bond motifs is 1. The van der Waals surface area contributed by atoms with E-state index in [2.05, 4.69) is 0 Å². The zero-order valence-electron chi connectivity index (χ0n) is 16.1. The Balaban J connectivity index is 1.38. The van der Waals surface area contributed by atoms with Crippen LogP contribution in [-0.4, -0.2) is 46.7 Å². The van der Waals surface area contributed by atoms with Gasteiger partial charge in [0.15, 0.2) is 0 Å². The third kappa shape index (κ3) is 5.72. The summed E-state index contributed by atoms with van der Waals surface area (Å²) in [4.78, 5) is 11.5. The maximum absolute atomic E-state index is 11.5. The fraction of sp³-hybridized carbons (Fsp3) is 0.591. The zero-order valence-corrected chi connectivity index (χ0v) is 16.1. The summed E-state index contributed by atoms with van der Waals surface area (Å²) in [5.41, 5.74) is 0. The summed E-state index contributed by atoms with van der Waals surface area (Å²) >= 11 is 0. The number of carboxylic acid groups (broad SMARTS) is 1. The molecule has 28 heavy (non-hydrogen) atoms. The monoisotopic (exact) mass is 390 g/mol. The van der Waals surface area contributed by atoms with Gasteiger partial charge in [0, 0.05) is 13.0 Å². The number of aliphatic hydroxyl groups is 2. The maximum Gasteiger partial charge on any atom is 0.314 e. The lowest BCUT2D eigenvalue weighted by molar-refractivity contribution is -0.142. The minimum absolute atomic E-state index is 0.140. The summed E-state index contributed by atoms with van der Waals surface area (Å²) < 4.78 is 11.4. The molecule has 0 heterocycles. The number of ether oxygens (including phenoxy) is 2. The lowest BCUT2D eigenvalue weighted by atomic mass is 10.0. The van der Waals surface area contributed by atoms with E-state index in [9.17, 15) is 20.1 Å². The number of rotatable bonds is 10. The van der Waals surface area contributed by atoms with E-state index in [1.807, 2.05) is 30.3 Å². The molecular formula is C22H30O6. The summed E-state index contributed by atoms with van der Waals surface area (Å²) in [6.45, 7) is 0.676. The molecule has 2 saturated carbocycles. The average molecular weight is 390 g/mol. The molecule has 0 amide bonds. The smallest absolute Gasteiger partial charge is 0.314 e. The van der Waals surface area contributed by atoms with E-state index in [4.69, 9.17) is 9.47 Å². The van der Waals surface area contributed by atoms with Crippen molar-refractivity contribution in [1.82, 2.24) is 0 Å². The minimum Gasteiger partial charge on any atom is -0.512 e. The highest BCUT2D eigenvalue weighted by Gasteiger charge is 2.41.